The molecule has 1 nitrogen and oxygen atoms in total. The van der Waals surface area contributed by atoms with Crippen LogP contribution in [0.25, 0.3) is 0 Å². The quantitative estimate of drug-likeness (QED) is 0.308. The van der Waals surface area contributed by atoms with Crippen LogP contribution in [0, 0.1) is 0 Å². The number of rotatable bonds is 4. The summed E-state index contributed by atoms with van der Waals surface area (Å²) in [6.07, 6.45) is 4.18. The summed E-state index contributed by atoms with van der Waals surface area (Å²) < 4.78 is 5.08. The molecule has 0 N–H and O–H groups in total. The van der Waals surface area contributed by atoms with Crippen molar-refractivity contribution in [2.75, 3.05) is 6.61 Å². The lowest BCUT2D eigenvalue weighted by atomic mass is 10.4. The van der Waals surface area contributed by atoms with E-state index in [0.717, 1.165) is 16.8 Å². The third kappa shape index (κ3) is 5.76. The minimum absolute atomic E-state index is 0.884. The van der Waals surface area contributed by atoms with Crippen molar-refractivity contribution in [1.82, 2.24) is 0 Å². The Bertz CT molecular complexity index is 61.5. The zero-order valence-corrected chi connectivity index (χ0v) is 7.68. The van der Waals surface area contributed by atoms with Gasteiger partial charge in [0.05, 0.1) is 12.9 Å². The Hall–Kier alpha value is -0.243. The van der Waals surface area contributed by atoms with E-state index in [1.54, 1.807) is 6.26 Å². The van der Waals surface area contributed by atoms with Gasteiger partial charge in [0.15, 0.2) is 0 Å². The maximum absolute atomic E-state index is 5.08. The van der Waals surface area contributed by atoms with Crippen molar-refractivity contribution in [3.05, 3.63) is 12.0 Å². The molecule has 0 aromatic carbocycles. The summed E-state index contributed by atoms with van der Waals surface area (Å²) in [5.41, 5.74) is 2.04. The molecule has 0 saturated heterocycles. The summed E-state index contributed by atoms with van der Waals surface area (Å²) in [5.74, 6) is 0. The summed E-state index contributed by atoms with van der Waals surface area (Å²) in [7, 11) is 1.10. The molecule has 0 atom stereocenters. The van der Waals surface area contributed by atoms with Gasteiger partial charge in [-0.15, -0.1) is 0 Å². The molecule has 0 unspecified atom stereocenters. The van der Waals surface area contributed by atoms with Crippen molar-refractivity contribution in [3.63, 3.8) is 0 Å². The van der Waals surface area contributed by atoms with Crippen molar-refractivity contribution in [2.45, 2.75) is 19.8 Å². The largest absolute Gasteiger partial charge is 0.502 e. The lowest BCUT2D eigenvalue weighted by Gasteiger charge is -1.94. The van der Waals surface area contributed by atoms with Crippen LogP contribution < -0.4 is 0 Å². The molecule has 0 bridgehead atoms. The van der Waals surface area contributed by atoms with Crippen LogP contribution in [0.15, 0.2) is 12.0 Å². The van der Waals surface area contributed by atoms with E-state index in [0.29, 0.717) is 0 Å². The number of unbranched alkanes of at least 4 members (excludes halogenated alkanes) is 1. The highest BCUT2D eigenvalue weighted by Gasteiger charge is 1.77. The molecule has 0 radical (unpaired) electrons. The first-order chi connectivity index (χ1) is 3.91. The Balaban J connectivity index is 2.72. The minimum atomic E-state index is 0.884. The van der Waals surface area contributed by atoms with Crippen LogP contribution in [-0.4, -0.2) is 16.8 Å². The van der Waals surface area contributed by atoms with Gasteiger partial charge in [-0.25, -0.2) is 0 Å². The number of ether oxygens (including phenoxy) is 1. The third-order valence-corrected chi connectivity index (χ3v) is 1.12. The molecule has 48 valence electrons. The second-order valence-corrected chi connectivity index (χ2v) is 2.36. The van der Waals surface area contributed by atoms with Crippen molar-refractivity contribution >= 4 is 10.2 Å². The molecule has 0 spiro atoms. The van der Waals surface area contributed by atoms with Crippen LogP contribution >= 0.6 is 0 Å². The SMILES string of the molecule is CCCCOC=C[SiH3]. The summed E-state index contributed by atoms with van der Waals surface area (Å²) in [6.45, 7) is 3.04. The van der Waals surface area contributed by atoms with Crippen molar-refractivity contribution in [2.24, 2.45) is 0 Å². The molecule has 2 heteroatoms. The highest BCUT2D eigenvalue weighted by atomic mass is 28.1. The highest BCUT2D eigenvalue weighted by Crippen LogP contribution is 1.86. The van der Waals surface area contributed by atoms with Crippen molar-refractivity contribution in [3.8, 4) is 0 Å². The molecule has 0 fully saturated rings. The van der Waals surface area contributed by atoms with Gasteiger partial charge in [0.1, 0.15) is 0 Å². The smallest absolute Gasteiger partial charge is 0.0872 e. The van der Waals surface area contributed by atoms with Crippen LogP contribution in [0.1, 0.15) is 19.8 Å². The molecule has 8 heavy (non-hydrogen) atoms. The third-order valence-electron chi connectivity index (χ3n) is 0.848. The normalized spacial score (nSPS) is 10.6. The molecule has 0 aromatic rings. The van der Waals surface area contributed by atoms with Gasteiger partial charge < -0.3 is 4.74 Å². The van der Waals surface area contributed by atoms with Crippen LogP contribution in [0.4, 0.5) is 0 Å². The molecule has 0 aliphatic rings. The number of hydrogen-bond donors (Lipinski definition) is 0. The molecule has 0 aliphatic heterocycles. The van der Waals surface area contributed by atoms with E-state index < -0.39 is 0 Å². The molecule has 0 aliphatic carbocycles. The van der Waals surface area contributed by atoms with Crippen LogP contribution in [0.5, 0.6) is 0 Å². The predicted molar refractivity (Wildman–Crippen MR) is 39.9 cm³/mol. The van der Waals surface area contributed by atoms with Gasteiger partial charge in [-0.05, 0) is 6.42 Å². The van der Waals surface area contributed by atoms with Gasteiger partial charge in [0, 0.05) is 10.2 Å². The van der Waals surface area contributed by atoms with E-state index in [2.05, 4.69) is 6.92 Å². The fraction of sp³-hybridized carbons (Fsp3) is 0.667. The average Bonchev–Trinajstić information content (AvgIpc) is 1.81. The molecule has 0 aromatic heterocycles. The standard InChI is InChI=1S/C6H14OSi/c1-2-3-4-7-5-6-8/h5-6H,2-4H2,1,8H3. The fourth-order valence-corrected chi connectivity index (χ4v) is 0.584. The topological polar surface area (TPSA) is 9.23 Å². The van der Waals surface area contributed by atoms with E-state index in [4.69, 9.17) is 4.74 Å². The van der Waals surface area contributed by atoms with Crippen LogP contribution in [-0.2, 0) is 4.74 Å². The summed E-state index contributed by atoms with van der Waals surface area (Å²) in [4.78, 5) is 0. The minimum Gasteiger partial charge on any atom is -0.502 e. The molecule has 0 rings (SSSR count). The first-order valence-corrected chi connectivity index (χ1v) is 4.30. The molecular formula is C6H14OSi. The number of hydrogen-bond acceptors (Lipinski definition) is 1. The molecule has 0 amide bonds. The Morgan fingerprint density at radius 1 is 1.62 bits per heavy atom. The van der Waals surface area contributed by atoms with E-state index in [9.17, 15) is 0 Å². The Morgan fingerprint density at radius 3 is 2.88 bits per heavy atom. The second-order valence-electron chi connectivity index (χ2n) is 1.69. The molecule has 0 heterocycles. The summed E-state index contributed by atoms with van der Waals surface area (Å²) >= 11 is 0. The zero-order valence-electron chi connectivity index (χ0n) is 5.68. The van der Waals surface area contributed by atoms with E-state index in [1.807, 2.05) is 5.70 Å². The van der Waals surface area contributed by atoms with Crippen LogP contribution in [0.2, 0.25) is 0 Å². The Labute approximate surface area is 54.2 Å². The van der Waals surface area contributed by atoms with Gasteiger partial charge in [0.25, 0.3) is 0 Å². The lowest BCUT2D eigenvalue weighted by Crippen LogP contribution is -1.84. The predicted octanol–water partition coefficient (Wildman–Crippen LogP) is 0.640. The van der Waals surface area contributed by atoms with E-state index >= 15 is 0 Å². The molecule has 0 saturated carbocycles. The summed E-state index contributed by atoms with van der Waals surface area (Å²) in [5, 5.41) is 0. The highest BCUT2D eigenvalue weighted by molar-refractivity contribution is 6.16. The van der Waals surface area contributed by atoms with E-state index in [1.165, 1.54) is 12.8 Å². The monoisotopic (exact) mass is 130 g/mol. The zero-order chi connectivity index (χ0) is 6.24. The fourth-order valence-electron chi connectivity index (χ4n) is 0.392. The maximum Gasteiger partial charge on any atom is 0.0872 e. The van der Waals surface area contributed by atoms with Crippen LogP contribution in [0.3, 0.4) is 0 Å². The first kappa shape index (κ1) is 7.76. The van der Waals surface area contributed by atoms with Gasteiger partial charge in [0.2, 0.25) is 0 Å². The average molecular weight is 130 g/mol. The van der Waals surface area contributed by atoms with Gasteiger partial charge >= 0.3 is 0 Å². The summed E-state index contributed by atoms with van der Waals surface area (Å²) in [6, 6.07) is 0. The van der Waals surface area contributed by atoms with Gasteiger partial charge in [-0.1, -0.05) is 19.0 Å². The second kappa shape index (κ2) is 6.76. The Kier molecular flexibility index (Phi) is 6.55. The lowest BCUT2D eigenvalue weighted by molar-refractivity contribution is 0.244. The van der Waals surface area contributed by atoms with Crippen molar-refractivity contribution < 1.29 is 4.74 Å². The van der Waals surface area contributed by atoms with Gasteiger partial charge in [-0.2, -0.15) is 0 Å². The van der Waals surface area contributed by atoms with Crippen molar-refractivity contribution in [1.29, 1.82) is 0 Å². The van der Waals surface area contributed by atoms with Gasteiger partial charge in [-0.3, -0.25) is 0 Å². The Morgan fingerprint density at radius 2 is 2.38 bits per heavy atom. The maximum atomic E-state index is 5.08. The first-order valence-electron chi connectivity index (χ1n) is 3.14. The van der Waals surface area contributed by atoms with E-state index in [-0.39, 0.29) is 0 Å². The molecular weight excluding hydrogens is 116 g/mol.